The maximum Gasteiger partial charge on any atom is 0.355 e. The Balaban J connectivity index is 2.71. The van der Waals surface area contributed by atoms with Gasteiger partial charge in [0.2, 0.25) is 12.2 Å². The number of ether oxygens (including phenoxy) is 2. The number of terminal acetylenes is 2. The standard InChI is InChI=1S/C7H4O2S/c1-3-5-6(4-2)9-7(10)8-5/h1-2,5-6H. The van der Waals surface area contributed by atoms with E-state index in [1.54, 1.807) is 0 Å². The highest BCUT2D eigenvalue weighted by molar-refractivity contribution is 7.79. The Bertz CT molecular complexity index is 209. The second kappa shape index (κ2) is 2.60. The van der Waals surface area contributed by atoms with Crippen LogP contribution in [0.1, 0.15) is 0 Å². The van der Waals surface area contributed by atoms with Gasteiger partial charge in [0.25, 0.3) is 0 Å². The Morgan fingerprint density at radius 3 is 1.90 bits per heavy atom. The van der Waals surface area contributed by atoms with Crippen LogP contribution in [0.15, 0.2) is 0 Å². The molecule has 2 nitrogen and oxygen atoms in total. The van der Waals surface area contributed by atoms with E-state index in [1.165, 1.54) is 0 Å². The molecule has 0 amide bonds. The molecule has 3 heteroatoms. The molecule has 0 N–H and O–H groups in total. The van der Waals surface area contributed by atoms with Crippen molar-refractivity contribution in [2.24, 2.45) is 0 Å². The second-order valence-corrected chi connectivity index (χ2v) is 1.99. The van der Waals surface area contributed by atoms with Crippen LogP contribution in [0.3, 0.4) is 0 Å². The van der Waals surface area contributed by atoms with Crippen molar-refractivity contribution in [1.29, 1.82) is 0 Å². The van der Waals surface area contributed by atoms with Crippen molar-refractivity contribution in [3.05, 3.63) is 0 Å². The van der Waals surface area contributed by atoms with Crippen LogP contribution in [0.5, 0.6) is 0 Å². The molecule has 0 saturated carbocycles. The molecule has 0 spiro atoms. The summed E-state index contributed by atoms with van der Waals surface area (Å²) < 4.78 is 9.69. The fourth-order valence-corrected chi connectivity index (χ4v) is 0.809. The van der Waals surface area contributed by atoms with Gasteiger partial charge in [0.15, 0.2) is 0 Å². The topological polar surface area (TPSA) is 18.5 Å². The fourth-order valence-electron chi connectivity index (χ4n) is 0.602. The Morgan fingerprint density at radius 1 is 1.20 bits per heavy atom. The maximum atomic E-state index is 5.05. The van der Waals surface area contributed by atoms with Crippen LogP contribution >= 0.6 is 12.2 Å². The molecule has 10 heavy (non-hydrogen) atoms. The van der Waals surface area contributed by atoms with Crippen molar-refractivity contribution in [1.82, 2.24) is 0 Å². The van der Waals surface area contributed by atoms with Gasteiger partial charge in [0, 0.05) is 12.2 Å². The molecule has 0 bridgehead atoms. The number of rotatable bonds is 0. The van der Waals surface area contributed by atoms with Crippen LogP contribution in [0.2, 0.25) is 0 Å². The summed E-state index contributed by atoms with van der Waals surface area (Å²) in [6.07, 6.45) is 9.07. The molecule has 0 aromatic carbocycles. The molecule has 1 heterocycles. The van der Waals surface area contributed by atoms with Crippen LogP contribution in [-0.2, 0) is 9.47 Å². The van der Waals surface area contributed by atoms with Crippen molar-refractivity contribution in [2.75, 3.05) is 0 Å². The SMILES string of the molecule is C#CC1OC(=S)OC1C#C. The van der Waals surface area contributed by atoms with Gasteiger partial charge in [-0.05, 0) is 0 Å². The third kappa shape index (κ3) is 1.05. The molecular weight excluding hydrogens is 148 g/mol. The van der Waals surface area contributed by atoms with Gasteiger partial charge in [-0.3, -0.25) is 0 Å². The smallest absolute Gasteiger partial charge is 0.355 e. The number of hydrogen-bond acceptors (Lipinski definition) is 3. The van der Waals surface area contributed by atoms with Gasteiger partial charge in [0.05, 0.1) is 0 Å². The molecule has 0 aliphatic carbocycles. The average Bonchev–Trinajstić information content (AvgIpc) is 2.30. The van der Waals surface area contributed by atoms with E-state index in [0.717, 1.165) is 0 Å². The van der Waals surface area contributed by atoms with Crippen LogP contribution < -0.4 is 0 Å². The van der Waals surface area contributed by atoms with Crippen LogP contribution in [-0.4, -0.2) is 17.4 Å². The molecule has 0 aromatic rings. The van der Waals surface area contributed by atoms with E-state index < -0.39 is 12.2 Å². The van der Waals surface area contributed by atoms with Crippen LogP contribution in [0, 0.1) is 24.7 Å². The minimum atomic E-state index is -0.516. The summed E-state index contributed by atoms with van der Waals surface area (Å²) >= 11 is 4.57. The van der Waals surface area contributed by atoms with E-state index >= 15 is 0 Å². The Kier molecular flexibility index (Phi) is 1.80. The van der Waals surface area contributed by atoms with Crippen LogP contribution in [0.25, 0.3) is 0 Å². The molecular formula is C7H4O2S. The summed E-state index contributed by atoms with van der Waals surface area (Å²) in [4.78, 5) is 0. The average molecular weight is 152 g/mol. The summed E-state index contributed by atoms with van der Waals surface area (Å²) in [6.45, 7) is 0. The lowest BCUT2D eigenvalue weighted by Gasteiger charge is -2.00. The summed E-state index contributed by atoms with van der Waals surface area (Å²) in [5, 5.41) is 0.0332. The predicted octanol–water partition coefficient (Wildman–Crippen LogP) is 0.322. The van der Waals surface area contributed by atoms with E-state index in [4.69, 9.17) is 22.3 Å². The molecule has 1 aliphatic rings. The molecule has 0 radical (unpaired) electrons. The number of thiocarbonyl (C=S) groups is 1. The molecule has 1 rings (SSSR count). The lowest BCUT2D eigenvalue weighted by Crippen LogP contribution is -2.17. The molecule has 50 valence electrons. The quantitative estimate of drug-likeness (QED) is 0.368. The first-order chi connectivity index (χ1) is 4.77. The van der Waals surface area contributed by atoms with E-state index in [0.29, 0.717) is 0 Å². The Hall–Kier alpha value is -1.19. The van der Waals surface area contributed by atoms with Gasteiger partial charge in [-0.15, -0.1) is 12.8 Å². The van der Waals surface area contributed by atoms with Gasteiger partial charge < -0.3 is 9.47 Å². The highest BCUT2D eigenvalue weighted by Crippen LogP contribution is 2.13. The third-order valence-corrected chi connectivity index (χ3v) is 1.24. The molecule has 2 atom stereocenters. The fraction of sp³-hybridized carbons (Fsp3) is 0.286. The van der Waals surface area contributed by atoms with Crippen molar-refractivity contribution in [2.45, 2.75) is 12.2 Å². The monoisotopic (exact) mass is 152 g/mol. The van der Waals surface area contributed by atoms with Gasteiger partial charge in [-0.1, -0.05) is 11.8 Å². The van der Waals surface area contributed by atoms with Gasteiger partial charge in [0.1, 0.15) is 0 Å². The zero-order chi connectivity index (χ0) is 7.56. The maximum absolute atomic E-state index is 5.05. The summed E-state index contributed by atoms with van der Waals surface area (Å²) in [7, 11) is 0. The molecule has 0 aromatic heterocycles. The zero-order valence-electron chi connectivity index (χ0n) is 5.03. The summed E-state index contributed by atoms with van der Waals surface area (Å²) in [5.41, 5.74) is 0. The van der Waals surface area contributed by atoms with Gasteiger partial charge in [-0.25, -0.2) is 0 Å². The first-order valence-electron chi connectivity index (χ1n) is 2.57. The third-order valence-electron chi connectivity index (χ3n) is 1.05. The van der Waals surface area contributed by atoms with Crippen molar-refractivity contribution in [3.8, 4) is 24.7 Å². The lowest BCUT2D eigenvalue weighted by molar-refractivity contribution is 0.251. The first-order valence-corrected chi connectivity index (χ1v) is 2.98. The Labute approximate surface area is 64.5 Å². The van der Waals surface area contributed by atoms with Crippen molar-refractivity contribution >= 4 is 17.5 Å². The number of hydrogen-bond donors (Lipinski definition) is 0. The van der Waals surface area contributed by atoms with E-state index in [1.807, 2.05) is 0 Å². The minimum absolute atomic E-state index is 0.0332. The zero-order valence-corrected chi connectivity index (χ0v) is 5.85. The normalized spacial score (nSPS) is 29.6. The highest BCUT2D eigenvalue weighted by atomic mass is 32.1. The minimum Gasteiger partial charge on any atom is -0.435 e. The van der Waals surface area contributed by atoms with Gasteiger partial charge in [-0.2, -0.15) is 0 Å². The van der Waals surface area contributed by atoms with Crippen molar-refractivity contribution in [3.63, 3.8) is 0 Å². The van der Waals surface area contributed by atoms with Crippen molar-refractivity contribution < 1.29 is 9.47 Å². The predicted molar refractivity (Wildman–Crippen MR) is 40.0 cm³/mol. The second-order valence-electron chi connectivity index (χ2n) is 1.66. The summed E-state index contributed by atoms with van der Waals surface area (Å²) in [5.74, 6) is 4.64. The molecule has 1 saturated heterocycles. The first kappa shape index (κ1) is 6.92. The molecule has 2 unspecified atom stereocenters. The molecule has 1 aliphatic heterocycles. The van der Waals surface area contributed by atoms with E-state index in [9.17, 15) is 0 Å². The van der Waals surface area contributed by atoms with Gasteiger partial charge >= 0.3 is 5.24 Å². The molecule has 1 fully saturated rings. The van der Waals surface area contributed by atoms with E-state index in [2.05, 4.69) is 24.1 Å². The van der Waals surface area contributed by atoms with Crippen LogP contribution in [0.4, 0.5) is 0 Å². The van der Waals surface area contributed by atoms with E-state index in [-0.39, 0.29) is 5.24 Å². The summed E-state index contributed by atoms with van der Waals surface area (Å²) in [6, 6.07) is 0. The highest BCUT2D eigenvalue weighted by Gasteiger charge is 2.30. The Morgan fingerprint density at radius 2 is 1.60 bits per heavy atom. The lowest BCUT2D eigenvalue weighted by atomic mass is 10.2. The largest absolute Gasteiger partial charge is 0.435 e.